The summed E-state index contributed by atoms with van der Waals surface area (Å²) in [4.78, 5) is 11.8. The molecule has 1 amide bonds. The highest BCUT2D eigenvalue weighted by Gasteiger charge is 2.11. The second-order valence-electron chi connectivity index (χ2n) is 4.71. The van der Waals surface area contributed by atoms with Gasteiger partial charge in [0, 0.05) is 12.2 Å². The number of para-hydroxylation sites is 1. The molecule has 0 radical (unpaired) electrons. The molecule has 0 aliphatic rings. The van der Waals surface area contributed by atoms with Gasteiger partial charge in [0.1, 0.15) is 6.04 Å². The van der Waals surface area contributed by atoms with Crippen LogP contribution < -0.4 is 10.6 Å². The summed E-state index contributed by atoms with van der Waals surface area (Å²) in [5, 5.41) is 6.10. The maximum absolute atomic E-state index is 11.8. The molecule has 3 nitrogen and oxygen atoms in total. The molecule has 0 saturated carbocycles. The topological polar surface area (TPSA) is 41.1 Å². The van der Waals surface area contributed by atoms with E-state index in [4.69, 9.17) is 0 Å². The summed E-state index contributed by atoms with van der Waals surface area (Å²) < 4.78 is 0. The fraction of sp³-hybridized carbons (Fsp3) is 0.500. The molecule has 1 atom stereocenters. The molecule has 94 valence electrons. The molecule has 0 fully saturated rings. The van der Waals surface area contributed by atoms with Crippen molar-refractivity contribution in [2.24, 2.45) is 5.92 Å². The van der Waals surface area contributed by atoms with Crippen LogP contribution in [0.25, 0.3) is 0 Å². The Morgan fingerprint density at radius 3 is 2.41 bits per heavy atom. The number of hydrogen-bond acceptors (Lipinski definition) is 2. The summed E-state index contributed by atoms with van der Waals surface area (Å²) in [5.74, 6) is 0.669. The van der Waals surface area contributed by atoms with Gasteiger partial charge in [-0.2, -0.15) is 0 Å². The first-order chi connectivity index (χ1) is 8.09. The van der Waals surface area contributed by atoms with Crippen molar-refractivity contribution >= 4 is 11.6 Å². The molecule has 0 spiro atoms. The van der Waals surface area contributed by atoms with Gasteiger partial charge < -0.3 is 10.6 Å². The largest absolute Gasteiger partial charge is 0.374 e. The first-order valence-corrected chi connectivity index (χ1v) is 6.19. The molecule has 0 aromatic heterocycles. The number of anilines is 1. The van der Waals surface area contributed by atoms with E-state index in [1.54, 1.807) is 0 Å². The van der Waals surface area contributed by atoms with E-state index in [1.807, 2.05) is 37.3 Å². The van der Waals surface area contributed by atoms with Gasteiger partial charge in [-0.25, -0.2) is 0 Å². The zero-order chi connectivity index (χ0) is 12.7. The number of rotatable bonds is 6. The molecule has 17 heavy (non-hydrogen) atoms. The number of hydrogen-bond donors (Lipinski definition) is 2. The van der Waals surface area contributed by atoms with Crippen LogP contribution in [0.1, 0.15) is 27.2 Å². The van der Waals surface area contributed by atoms with Gasteiger partial charge >= 0.3 is 0 Å². The van der Waals surface area contributed by atoms with E-state index in [0.29, 0.717) is 5.92 Å². The molecule has 2 N–H and O–H groups in total. The molecule has 1 aromatic carbocycles. The van der Waals surface area contributed by atoms with Crippen LogP contribution in [0.2, 0.25) is 0 Å². The summed E-state index contributed by atoms with van der Waals surface area (Å²) in [5.41, 5.74) is 0.971. The maximum atomic E-state index is 11.8. The van der Waals surface area contributed by atoms with Crippen molar-refractivity contribution < 1.29 is 4.79 Å². The summed E-state index contributed by atoms with van der Waals surface area (Å²) in [7, 11) is 0. The van der Waals surface area contributed by atoms with Gasteiger partial charge in [0.15, 0.2) is 0 Å². The van der Waals surface area contributed by atoms with Crippen LogP contribution in [0.3, 0.4) is 0 Å². The highest BCUT2D eigenvalue weighted by atomic mass is 16.2. The fourth-order valence-electron chi connectivity index (χ4n) is 1.49. The molecule has 0 bridgehead atoms. The van der Waals surface area contributed by atoms with E-state index in [9.17, 15) is 4.79 Å². The highest BCUT2D eigenvalue weighted by Crippen LogP contribution is 2.06. The van der Waals surface area contributed by atoms with Gasteiger partial charge in [-0.05, 0) is 31.4 Å². The standard InChI is InChI=1S/C14H22N2O/c1-11(2)9-10-15-14(17)12(3)16-13-7-5-4-6-8-13/h4-8,11-12,16H,9-10H2,1-3H3,(H,15,17). The van der Waals surface area contributed by atoms with Crippen LogP contribution in [0.15, 0.2) is 30.3 Å². The Kier molecular flexibility index (Phi) is 5.53. The third-order valence-electron chi connectivity index (χ3n) is 2.57. The van der Waals surface area contributed by atoms with Gasteiger partial charge in [-0.15, -0.1) is 0 Å². The molecular formula is C14H22N2O. The van der Waals surface area contributed by atoms with Crippen molar-refractivity contribution in [3.63, 3.8) is 0 Å². The van der Waals surface area contributed by atoms with Crippen LogP contribution in [0, 0.1) is 5.92 Å². The highest BCUT2D eigenvalue weighted by molar-refractivity contribution is 5.84. The monoisotopic (exact) mass is 234 g/mol. The minimum absolute atomic E-state index is 0.0505. The van der Waals surface area contributed by atoms with Gasteiger partial charge in [-0.3, -0.25) is 4.79 Å². The Morgan fingerprint density at radius 2 is 1.82 bits per heavy atom. The molecule has 0 aliphatic carbocycles. The Bertz CT molecular complexity index is 335. The zero-order valence-electron chi connectivity index (χ0n) is 10.9. The maximum Gasteiger partial charge on any atom is 0.242 e. The lowest BCUT2D eigenvalue weighted by Crippen LogP contribution is -2.38. The number of benzene rings is 1. The molecule has 0 heterocycles. The average molecular weight is 234 g/mol. The second-order valence-corrected chi connectivity index (χ2v) is 4.71. The number of carbonyl (C=O) groups is 1. The predicted molar refractivity (Wildman–Crippen MR) is 72.0 cm³/mol. The van der Waals surface area contributed by atoms with Crippen LogP contribution in [0.4, 0.5) is 5.69 Å². The van der Waals surface area contributed by atoms with Crippen molar-refractivity contribution in [3.8, 4) is 0 Å². The van der Waals surface area contributed by atoms with E-state index in [-0.39, 0.29) is 11.9 Å². The second kappa shape index (κ2) is 6.94. The molecule has 1 unspecified atom stereocenters. The van der Waals surface area contributed by atoms with Gasteiger partial charge in [0.2, 0.25) is 5.91 Å². The van der Waals surface area contributed by atoms with Crippen molar-refractivity contribution in [1.82, 2.24) is 5.32 Å². The van der Waals surface area contributed by atoms with Crippen LogP contribution in [-0.2, 0) is 4.79 Å². The summed E-state index contributed by atoms with van der Waals surface area (Å²) in [6.45, 7) is 6.92. The SMILES string of the molecule is CC(C)CCNC(=O)C(C)Nc1ccccc1. The van der Waals surface area contributed by atoms with Gasteiger partial charge in [0.25, 0.3) is 0 Å². The summed E-state index contributed by atoms with van der Waals surface area (Å²) in [6, 6.07) is 9.57. The predicted octanol–water partition coefficient (Wildman–Crippen LogP) is 2.65. The van der Waals surface area contributed by atoms with Crippen LogP contribution in [0.5, 0.6) is 0 Å². The zero-order valence-corrected chi connectivity index (χ0v) is 10.9. The molecular weight excluding hydrogens is 212 g/mol. The van der Waals surface area contributed by atoms with Crippen molar-refractivity contribution in [1.29, 1.82) is 0 Å². The van der Waals surface area contributed by atoms with Crippen molar-refractivity contribution in [3.05, 3.63) is 30.3 Å². The molecule has 1 rings (SSSR count). The first kappa shape index (κ1) is 13.6. The third-order valence-corrected chi connectivity index (χ3v) is 2.57. The Morgan fingerprint density at radius 1 is 1.18 bits per heavy atom. The quantitative estimate of drug-likeness (QED) is 0.794. The summed E-state index contributed by atoms with van der Waals surface area (Å²) in [6.07, 6.45) is 1.02. The normalized spacial score (nSPS) is 12.2. The summed E-state index contributed by atoms with van der Waals surface area (Å²) >= 11 is 0. The molecule has 0 aliphatic heterocycles. The number of amides is 1. The third kappa shape index (κ3) is 5.38. The van der Waals surface area contributed by atoms with E-state index in [0.717, 1.165) is 18.7 Å². The van der Waals surface area contributed by atoms with E-state index in [1.165, 1.54) is 0 Å². The lowest BCUT2D eigenvalue weighted by atomic mass is 10.1. The van der Waals surface area contributed by atoms with Gasteiger partial charge in [0.05, 0.1) is 0 Å². The number of nitrogens with one attached hydrogen (secondary N) is 2. The number of carbonyl (C=O) groups excluding carboxylic acids is 1. The Labute approximate surface area is 104 Å². The van der Waals surface area contributed by atoms with E-state index >= 15 is 0 Å². The molecule has 0 saturated heterocycles. The molecule has 3 heteroatoms. The first-order valence-electron chi connectivity index (χ1n) is 6.19. The Hall–Kier alpha value is -1.51. The minimum Gasteiger partial charge on any atom is -0.374 e. The van der Waals surface area contributed by atoms with Crippen LogP contribution in [-0.4, -0.2) is 18.5 Å². The minimum atomic E-state index is -0.204. The smallest absolute Gasteiger partial charge is 0.242 e. The van der Waals surface area contributed by atoms with Gasteiger partial charge in [-0.1, -0.05) is 32.0 Å². The van der Waals surface area contributed by atoms with Crippen molar-refractivity contribution in [2.45, 2.75) is 33.2 Å². The average Bonchev–Trinajstić information content (AvgIpc) is 2.29. The van der Waals surface area contributed by atoms with E-state index < -0.39 is 0 Å². The molecule has 1 aromatic rings. The van der Waals surface area contributed by atoms with E-state index in [2.05, 4.69) is 24.5 Å². The Balaban J connectivity index is 2.32. The van der Waals surface area contributed by atoms with Crippen molar-refractivity contribution in [2.75, 3.05) is 11.9 Å². The lowest BCUT2D eigenvalue weighted by molar-refractivity contribution is -0.121. The lowest BCUT2D eigenvalue weighted by Gasteiger charge is -2.15. The fourth-order valence-corrected chi connectivity index (χ4v) is 1.49. The van der Waals surface area contributed by atoms with Crippen LogP contribution >= 0.6 is 0 Å².